The Balaban J connectivity index is 0.00000264. The maximum absolute atomic E-state index is 4.67. The maximum atomic E-state index is 4.67. The third-order valence-electron chi connectivity index (χ3n) is 3.93. The minimum atomic E-state index is 0. The molecule has 0 aromatic carbocycles. The number of nitrogens with one attached hydrogen (secondary N) is 2. The highest BCUT2D eigenvalue weighted by molar-refractivity contribution is 14.0. The van der Waals surface area contributed by atoms with E-state index in [9.17, 15) is 0 Å². The van der Waals surface area contributed by atoms with Gasteiger partial charge in [-0.15, -0.1) is 35.3 Å². The molecule has 2 heterocycles. The molecule has 1 aliphatic rings. The molecule has 23 heavy (non-hydrogen) atoms. The molecular weight excluding hydrogens is 419 g/mol. The fourth-order valence-corrected chi connectivity index (χ4v) is 3.56. The van der Waals surface area contributed by atoms with Gasteiger partial charge in [0.2, 0.25) is 0 Å². The Labute approximate surface area is 162 Å². The summed E-state index contributed by atoms with van der Waals surface area (Å²) < 4.78 is 0. The monoisotopic (exact) mass is 450 g/mol. The maximum Gasteiger partial charge on any atom is 0.191 e. The van der Waals surface area contributed by atoms with Gasteiger partial charge in [0.15, 0.2) is 5.96 Å². The first-order valence-electron chi connectivity index (χ1n) is 8.58. The van der Waals surface area contributed by atoms with Crippen LogP contribution in [0.15, 0.2) is 17.1 Å². The summed E-state index contributed by atoms with van der Waals surface area (Å²) in [6, 6.07) is 4.33. The summed E-state index contributed by atoms with van der Waals surface area (Å²) in [4.78, 5) is 9.92. The van der Waals surface area contributed by atoms with Gasteiger partial charge in [0, 0.05) is 22.8 Å². The number of rotatable bonds is 8. The third kappa shape index (κ3) is 8.35. The van der Waals surface area contributed by atoms with Crippen LogP contribution in [0.4, 0.5) is 0 Å². The number of thiophene rings is 1. The zero-order chi connectivity index (χ0) is 15.6. The van der Waals surface area contributed by atoms with Gasteiger partial charge in [-0.1, -0.05) is 0 Å². The number of hydrogen-bond donors (Lipinski definition) is 2. The van der Waals surface area contributed by atoms with Gasteiger partial charge >= 0.3 is 0 Å². The molecular formula is C17H31IN4S. The minimum Gasteiger partial charge on any atom is -0.357 e. The standard InChI is InChI=1S/C17H30N4S.HI/c1-3-18-17(20-14-16-9-8-15(2)22-16)19-10-4-5-11-21-12-6-7-13-21;/h8-9H,3-7,10-14H2,1-2H3,(H2,18,19,20);1H. The van der Waals surface area contributed by atoms with Gasteiger partial charge < -0.3 is 15.5 Å². The lowest BCUT2D eigenvalue weighted by Gasteiger charge is -2.15. The first-order valence-corrected chi connectivity index (χ1v) is 9.39. The van der Waals surface area contributed by atoms with Crippen molar-refractivity contribution in [3.05, 3.63) is 21.9 Å². The topological polar surface area (TPSA) is 39.7 Å². The van der Waals surface area contributed by atoms with Gasteiger partial charge in [0.05, 0.1) is 6.54 Å². The molecule has 1 aliphatic heterocycles. The number of hydrogen-bond acceptors (Lipinski definition) is 3. The largest absolute Gasteiger partial charge is 0.357 e. The Bertz CT molecular complexity index is 455. The van der Waals surface area contributed by atoms with Gasteiger partial charge in [-0.05, 0) is 71.3 Å². The number of halogens is 1. The first kappa shape index (κ1) is 20.7. The Morgan fingerprint density at radius 1 is 1.22 bits per heavy atom. The zero-order valence-electron chi connectivity index (χ0n) is 14.4. The molecule has 0 atom stereocenters. The van der Waals surface area contributed by atoms with Gasteiger partial charge in [-0.2, -0.15) is 0 Å². The predicted octanol–water partition coefficient (Wildman–Crippen LogP) is 3.61. The molecule has 2 N–H and O–H groups in total. The number of likely N-dealkylation sites (tertiary alicyclic amines) is 1. The summed E-state index contributed by atoms with van der Waals surface area (Å²) in [5.74, 6) is 0.940. The molecule has 4 nitrogen and oxygen atoms in total. The van der Waals surface area contributed by atoms with Crippen LogP contribution in [0.1, 0.15) is 42.4 Å². The van der Waals surface area contributed by atoms with E-state index in [2.05, 4.69) is 46.5 Å². The van der Waals surface area contributed by atoms with E-state index >= 15 is 0 Å². The van der Waals surface area contributed by atoms with E-state index in [-0.39, 0.29) is 24.0 Å². The molecule has 1 fully saturated rings. The Hall–Kier alpha value is -0.340. The number of aliphatic imine (C=N–C) groups is 1. The summed E-state index contributed by atoms with van der Waals surface area (Å²) in [7, 11) is 0. The van der Waals surface area contributed by atoms with Gasteiger partial charge in [-0.3, -0.25) is 0 Å². The summed E-state index contributed by atoms with van der Waals surface area (Å²) in [6.45, 7) is 10.8. The van der Waals surface area contributed by atoms with Crippen LogP contribution in [0.5, 0.6) is 0 Å². The summed E-state index contributed by atoms with van der Waals surface area (Å²) in [5, 5.41) is 6.77. The van der Waals surface area contributed by atoms with Crippen molar-refractivity contribution >= 4 is 41.3 Å². The van der Waals surface area contributed by atoms with Crippen LogP contribution in [0.25, 0.3) is 0 Å². The van der Waals surface area contributed by atoms with E-state index in [4.69, 9.17) is 0 Å². The average Bonchev–Trinajstić information content (AvgIpc) is 3.16. The molecule has 0 amide bonds. The SMILES string of the molecule is CCNC(=NCc1ccc(C)s1)NCCCCN1CCCC1.I. The molecule has 0 bridgehead atoms. The fourth-order valence-electron chi connectivity index (χ4n) is 2.74. The van der Waals surface area contributed by atoms with Crippen molar-refractivity contribution in [2.75, 3.05) is 32.7 Å². The number of guanidine groups is 1. The summed E-state index contributed by atoms with van der Waals surface area (Å²) in [6.07, 6.45) is 5.25. The quantitative estimate of drug-likeness (QED) is 0.275. The van der Waals surface area contributed by atoms with E-state index in [0.717, 1.165) is 25.6 Å². The summed E-state index contributed by atoms with van der Waals surface area (Å²) in [5.41, 5.74) is 0. The van der Waals surface area contributed by atoms with Crippen LogP contribution in [0.3, 0.4) is 0 Å². The molecule has 1 aromatic heterocycles. The Morgan fingerprint density at radius 3 is 2.65 bits per heavy atom. The molecule has 1 aromatic rings. The molecule has 0 saturated carbocycles. The van der Waals surface area contributed by atoms with Crippen LogP contribution in [-0.4, -0.2) is 43.6 Å². The predicted molar refractivity (Wildman–Crippen MR) is 112 cm³/mol. The van der Waals surface area contributed by atoms with Crippen molar-refractivity contribution < 1.29 is 0 Å². The lowest BCUT2D eigenvalue weighted by atomic mass is 10.3. The van der Waals surface area contributed by atoms with Gasteiger partial charge in [-0.25, -0.2) is 4.99 Å². The molecule has 0 radical (unpaired) electrons. The lowest BCUT2D eigenvalue weighted by Crippen LogP contribution is -2.37. The second kappa shape index (κ2) is 12.1. The highest BCUT2D eigenvalue weighted by Crippen LogP contribution is 2.15. The van der Waals surface area contributed by atoms with Crippen molar-refractivity contribution in [1.29, 1.82) is 0 Å². The van der Waals surface area contributed by atoms with Crippen LogP contribution in [0, 0.1) is 6.92 Å². The normalized spacial score (nSPS) is 15.5. The molecule has 0 spiro atoms. The van der Waals surface area contributed by atoms with Crippen molar-refractivity contribution in [1.82, 2.24) is 15.5 Å². The molecule has 132 valence electrons. The molecule has 6 heteroatoms. The number of nitrogens with zero attached hydrogens (tertiary/aromatic N) is 2. The van der Waals surface area contributed by atoms with Crippen LogP contribution in [0.2, 0.25) is 0 Å². The van der Waals surface area contributed by atoms with E-state index < -0.39 is 0 Å². The molecule has 1 saturated heterocycles. The Kier molecular flexibility index (Phi) is 10.9. The second-order valence-corrected chi connectivity index (χ2v) is 7.26. The zero-order valence-corrected chi connectivity index (χ0v) is 17.6. The molecule has 0 unspecified atom stereocenters. The molecule has 0 aliphatic carbocycles. The Morgan fingerprint density at radius 2 is 2.00 bits per heavy atom. The van der Waals surface area contributed by atoms with Crippen LogP contribution in [-0.2, 0) is 6.54 Å². The van der Waals surface area contributed by atoms with Gasteiger partial charge in [0.1, 0.15) is 0 Å². The fraction of sp³-hybridized carbons (Fsp3) is 0.706. The van der Waals surface area contributed by atoms with Crippen molar-refractivity contribution in [3.8, 4) is 0 Å². The second-order valence-electron chi connectivity index (χ2n) is 5.89. The third-order valence-corrected chi connectivity index (χ3v) is 4.91. The lowest BCUT2D eigenvalue weighted by molar-refractivity contribution is 0.330. The highest BCUT2D eigenvalue weighted by atomic mass is 127. The van der Waals surface area contributed by atoms with E-state index in [0.29, 0.717) is 0 Å². The van der Waals surface area contributed by atoms with Crippen molar-refractivity contribution in [2.45, 2.75) is 46.1 Å². The summed E-state index contributed by atoms with van der Waals surface area (Å²) >= 11 is 1.83. The number of unbranched alkanes of at least 4 members (excludes halogenated alkanes) is 1. The van der Waals surface area contributed by atoms with Crippen LogP contribution >= 0.6 is 35.3 Å². The van der Waals surface area contributed by atoms with Crippen LogP contribution < -0.4 is 10.6 Å². The smallest absolute Gasteiger partial charge is 0.191 e. The van der Waals surface area contributed by atoms with Crippen molar-refractivity contribution in [2.24, 2.45) is 4.99 Å². The number of aryl methyl sites for hydroxylation is 1. The average molecular weight is 450 g/mol. The van der Waals surface area contributed by atoms with E-state index in [1.54, 1.807) is 0 Å². The first-order chi connectivity index (χ1) is 10.8. The van der Waals surface area contributed by atoms with Crippen molar-refractivity contribution in [3.63, 3.8) is 0 Å². The van der Waals surface area contributed by atoms with E-state index in [1.165, 1.54) is 55.1 Å². The minimum absolute atomic E-state index is 0. The van der Waals surface area contributed by atoms with Gasteiger partial charge in [0.25, 0.3) is 0 Å². The molecule has 2 rings (SSSR count). The highest BCUT2D eigenvalue weighted by Gasteiger charge is 2.10. The van der Waals surface area contributed by atoms with E-state index in [1.807, 2.05) is 11.3 Å².